The zero-order chi connectivity index (χ0) is 25.6. The summed E-state index contributed by atoms with van der Waals surface area (Å²) < 4.78 is 17.0. The van der Waals surface area contributed by atoms with E-state index in [1.807, 2.05) is 55.1 Å². The van der Waals surface area contributed by atoms with Gasteiger partial charge in [0, 0.05) is 37.7 Å². The maximum absolute atomic E-state index is 15.2. The first-order chi connectivity index (χ1) is 17.2. The van der Waals surface area contributed by atoms with Crippen LogP contribution >= 0.6 is 0 Å². The van der Waals surface area contributed by atoms with Crippen LogP contribution in [0.2, 0.25) is 0 Å². The number of halogens is 1. The zero-order valence-corrected chi connectivity index (χ0v) is 20.6. The quantitative estimate of drug-likeness (QED) is 0.425. The summed E-state index contributed by atoms with van der Waals surface area (Å²) in [6.07, 6.45) is 2.07. The van der Waals surface area contributed by atoms with Crippen molar-refractivity contribution in [3.05, 3.63) is 99.6 Å². The fraction of sp³-hybridized carbons (Fsp3) is 0.276. The molecule has 0 fully saturated rings. The lowest BCUT2D eigenvalue weighted by molar-refractivity contribution is -0.137. The molecule has 0 unspecified atom stereocenters. The van der Waals surface area contributed by atoms with E-state index in [0.29, 0.717) is 47.2 Å². The number of hydrogen-bond acceptors (Lipinski definition) is 3. The Labute approximate surface area is 209 Å². The van der Waals surface area contributed by atoms with Crippen LogP contribution in [0.4, 0.5) is 4.39 Å². The Kier molecular flexibility index (Phi) is 6.08. The van der Waals surface area contributed by atoms with E-state index < -0.39 is 17.7 Å². The van der Waals surface area contributed by atoms with Gasteiger partial charge in [-0.3, -0.25) is 9.59 Å². The number of aliphatic carboxylic acids is 1. The first-order valence-electron chi connectivity index (χ1n) is 12.0. The molecule has 2 heterocycles. The highest BCUT2D eigenvalue weighted by atomic mass is 19.1. The number of imidazole rings is 1. The van der Waals surface area contributed by atoms with E-state index >= 15 is 4.39 Å². The van der Waals surface area contributed by atoms with Gasteiger partial charge < -0.3 is 14.6 Å². The number of amides is 1. The summed E-state index contributed by atoms with van der Waals surface area (Å²) in [6, 6.07) is 14.6. The number of nitrogens with zero attached hydrogens (tertiary/aromatic N) is 3. The van der Waals surface area contributed by atoms with Crippen molar-refractivity contribution in [1.82, 2.24) is 14.5 Å². The van der Waals surface area contributed by atoms with Gasteiger partial charge in [0.15, 0.2) is 0 Å². The second-order valence-corrected chi connectivity index (χ2v) is 9.67. The van der Waals surface area contributed by atoms with E-state index in [0.717, 1.165) is 22.3 Å². The van der Waals surface area contributed by atoms with Crippen molar-refractivity contribution in [3.8, 4) is 0 Å². The van der Waals surface area contributed by atoms with Crippen molar-refractivity contribution in [2.24, 2.45) is 7.05 Å². The van der Waals surface area contributed by atoms with Gasteiger partial charge in [0.05, 0.1) is 23.8 Å². The van der Waals surface area contributed by atoms with Gasteiger partial charge in [0.2, 0.25) is 0 Å². The number of aryl methyl sites for hydroxylation is 3. The predicted octanol–water partition coefficient (Wildman–Crippen LogP) is 5.13. The lowest BCUT2D eigenvalue weighted by Crippen LogP contribution is -2.36. The van der Waals surface area contributed by atoms with Crippen molar-refractivity contribution >= 4 is 22.9 Å². The van der Waals surface area contributed by atoms with Gasteiger partial charge in [-0.05, 0) is 71.8 Å². The zero-order valence-electron chi connectivity index (χ0n) is 20.6. The number of fused-ring (bicyclic) bond motifs is 2. The molecule has 1 aliphatic heterocycles. The molecule has 0 aliphatic carbocycles. The fourth-order valence-electron chi connectivity index (χ4n) is 5.04. The van der Waals surface area contributed by atoms with E-state index in [9.17, 15) is 14.7 Å². The second kappa shape index (κ2) is 9.22. The first kappa shape index (κ1) is 23.7. The van der Waals surface area contributed by atoms with Crippen molar-refractivity contribution in [1.29, 1.82) is 0 Å². The minimum absolute atomic E-state index is 0.0251. The number of carbonyl (C=O) groups is 2. The molecule has 0 radical (unpaired) electrons. The smallest absolute Gasteiger partial charge is 0.304 e. The third kappa shape index (κ3) is 4.37. The normalized spacial score (nSPS) is 14.1. The maximum atomic E-state index is 15.2. The molecule has 1 N–H and O–H groups in total. The largest absolute Gasteiger partial charge is 0.481 e. The average Bonchev–Trinajstić information content (AvgIpc) is 3.22. The molecular weight excluding hydrogens is 457 g/mol. The minimum Gasteiger partial charge on any atom is -0.481 e. The highest BCUT2D eigenvalue weighted by molar-refractivity contribution is 5.94. The minimum atomic E-state index is -1.01. The summed E-state index contributed by atoms with van der Waals surface area (Å²) in [5.74, 6) is -2.17. The lowest BCUT2D eigenvalue weighted by Gasteiger charge is -2.30. The van der Waals surface area contributed by atoms with E-state index in [-0.39, 0.29) is 12.3 Å². The predicted molar refractivity (Wildman–Crippen MR) is 136 cm³/mol. The number of hydrogen-bond donors (Lipinski definition) is 1. The molecule has 0 spiro atoms. The summed E-state index contributed by atoms with van der Waals surface area (Å²) >= 11 is 0. The molecule has 7 heteroatoms. The molecule has 0 saturated heterocycles. The molecule has 1 aromatic heterocycles. The molecule has 4 aromatic rings. The van der Waals surface area contributed by atoms with Crippen LogP contribution in [-0.4, -0.2) is 38.0 Å². The van der Waals surface area contributed by atoms with Crippen LogP contribution < -0.4 is 0 Å². The third-order valence-electron chi connectivity index (χ3n) is 7.28. The van der Waals surface area contributed by atoms with Crippen LogP contribution in [0.15, 0.2) is 54.9 Å². The van der Waals surface area contributed by atoms with Crippen LogP contribution in [0.3, 0.4) is 0 Å². The highest BCUT2D eigenvalue weighted by Crippen LogP contribution is 2.34. The Balaban J connectivity index is 1.49. The van der Waals surface area contributed by atoms with Crippen molar-refractivity contribution in [2.45, 2.75) is 39.2 Å². The van der Waals surface area contributed by atoms with Gasteiger partial charge in [0.1, 0.15) is 5.82 Å². The summed E-state index contributed by atoms with van der Waals surface area (Å²) in [6.45, 7) is 5.05. The number of rotatable bonds is 5. The van der Waals surface area contributed by atoms with Gasteiger partial charge in [-0.25, -0.2) is 9.37 Å². The molecule has 36 heavy (non-hydrogen) atoms. The standard InChI is InChI=1S/C29H28FN3O3/c1-17-4-5-21(10-18(17)2)29(36)33-9-8-19-6-7-20(11-22(19)15-33)23(13-28(34)35)24-12-26-27(14-25(24)30)32(3)16-31-26/h4-7,10-12,14,16,23H,8-9,13,15H2,1-3H3,(H,34,35)/t23-/m0/s1. The van der Waals surface area contributed by atoms with E-state index in [2.05, 4.69) is 4.98 Å². The SMILES string of the molecule is Cc1ccc(C(=O)N2CCc3ccc([C@H](CC(=O)O)c4cc5ncn(C)c5cc4F)cc3C2)cc1C. The van der Waals surface area contributed by atoms with Crippen molar-refractivity contribution in [2.75, 3.05) is 6.54 Å². The second-order valence-electron chi connectivity index (χ2n) is 9.67. The molecular formula is C29H28FN3O3. The summed E-state index contributed by atoms with van der Waals surface area (Å²) in [7, 11) is 1.79. The van der Waals surface area contributed by atoms with Crippen LogP contribution in [0, 0.1) is 19.7 Å². The number of benzene rings is 3. The Morgan fingerprint density at radius 2 is 1.86 bits per heavy atom. The monoisotopic (exact) mass is 485 g/mol. The van der Waals surface area contributed by atoms with Crippen LogP contribution in [0.25, 0.3) is 11.0 Å². The van der Waals surface area contributed by atoms with Crippen LogP contribution in [-0.2, 0) is 24.8 Å². The van der Waals surface area contributed by atoms with E-state index in [4.69, 9.17) is 0 Å². The van der Waals surface area contributed by atoms with Crippen molar-refractivity contribution in [3.63, 3.8) is 0 Å². The topological polar surface area (TPSA) is 75.4 Å². The molecule has 1 amide bonds. The van der Waals surface area contributed by atoms with E-state index in [1.165, 1.54) is 6.07 Å². The molecule has 6 nitrogen and oxygen atoms in total. The Hall–Kier alpha value is -4.00. The van der Waals surface area contributed by atoms with Gasteiger partial charge >= 0.3 is 5.97 Å². The van der Waals surface area contributed by atoms with Gasteiger partial charge in [0.25, 0.3) is 5.91 Å². The molecule has 1 atom stereocenters. The first-order valence-corrected chi connectivity index (χ1v) is 12.0. The average molecular weight is 486 g/mol. The Morgan fingerprint density at radius 1 is 1.06 bits per heavy atom. The Morgan fingerprint density at radius 3 is 2.61 bits per heavy atom. The molecule has 184 valence electrons. The van der Waals surface area contributed by atoms with Crippen molar-refractivity contribution < 1.29 is 19.1 Å². The van der Waals surface area contributed by atoms with Gasteiger partial charge in [-0.2, -0.15) is 0 Å². The lowest BCUT2D eigenvalue weighted by atomic mass is 9.85. The maximum Gasteiger partial charge on any atom is 0.304 e. The summed E-state index contributed by atoms with van der Waals surface area (Å²) in [5, 5.41) is 9.64. The van der Waals surface area contributed by atoms with Gasteiger partial charge in [-0.15, -0.1) is 0 Å². The molecule has 0 saturated carbocycles. The molecule has 3 aromatic carbocycles. The van der Waals surface area contributed by atoms with Gasteiger partial charge in [-0.1, -0.05) is 24.3 Å². The van der Waals surface area contributed by atoms with Crippen LogP contribution in [0.5, 0.6) is 0 Å². The third-order valence-corrected chi connectivity index (χ3v) is 7.28. The molecule has 1 aliphatic rings. The number of aromatic nitrogens is 2. The fourth-order valence-corrected chi connectivity index (χ4v) is 5.04. The molecule has 0 bridgehead atoms. The number of carboxylic acids is 1. The van der Waals surface area contributed by atoms with E-state index in [1.54, 1.807) is 24.0 Å². The number of carbonyl (C=O) groups excluding carboxylic acids is 1. The molecule has 5 rings (SSSR count). The number of carboxylic acid groups (broad SMARTS) is 1. The van der Waals surface area contributed by atoms with Crippen LogP contribution in [0.1, 0.15) is 56.1 Å². The summed E-state index contributed by atoms with van der Waals surface area (Å²) in [5.41, 5.74) is 7.25. The highest BCUT2D eigenvalue weighted by Gasteiger charge is 2.26. The summed E-state index contributed by atoms with van der Waals surface area (Å²) in [4.78, 5) is 31.1. The Bertz CT molecular complexity index is 1510.